The lowest BCUT2D eigenvalue weighted by Gasteiger charge is -2.47. The zero-order valence-corrected chi connectivity index (χ0v) is 38.8. The molecule has 0 bridgehead atoms. The second-order valence-electron chi connectivity index (χ2n) is 19.9. The molecule has 66 heavy (non-hydrogen) atoms. The quantitative estimate of drug-likeness (QED) is 0.0806. The number of benzene rings is 4. The van der Waals surface area contributed by atoms with Crippen LogP contribution >= 0.6 is 11.6 Å². The molecule has 4 aliphatic carbocycles. The number of nitrogens with one attached hydrogen (secondary N) is 2. The molecule has 1 amide bonds. The molecule has 2 fully saturated rings. The number of nitrogens with zero attached hydrogens (tertiary/aromatic N) is 1. The first-order valence-corrected chi connectivity index (χ1v) is 24.4. The van der Waals surface area contributed by atoms with Crippen LogP contribution in [-0.4, -0.2) is 57.3 Å². The van der Waals surface area contributed by atoms with Crippen molar-refractivity contribution in [2.75, 3.05) is 11.9 Å². The number of aryl methyl sites for hydroxylation is 1. The maximum Gasteiger partial charge on any atom is 0.329 e. The van der Waals surface area contributed by atoms with E-state index in [0.717, 1.165) is 65.6 Å². The van der Waals surface area contributed by atoms with Gasteiger partial charge in [0.2, 0.25) is 5.91 Å². The molecule has 4 aliphatic rings. The van der Waals surface area contributed by atoms with E-state index >= 15 is 0 Å². The number of rotatable bonds is 15. The fourth-order valence-corrected chi connectivity index (χ4v) is 12.1. The van der Waals surface area contributed by atoms with Crippen molar-refractivity contribution in [2.24, 2.45) is 17.8 Å². The number of amides is 1. The van der Waals surface area contributed by atoms with Crippen LogP contribution in [0.2, 0.25) is 5.02 Å². The van der Waals surface area contributed by atoms with Gasteiger partial charge in [-0.3, -0.25) is 9.78 Å². The molecule has 5 aromatic rings. The number of hydrogen-bond acceptors (Lipinski definition) is 7. The van der Waals surface area contributed by atoms with Crippen molar-refractivity contribution in [1.82, 2.24) is 10.3 Å². The SMILES string of the molecule is C[C@@H](COc1ccnc2c1[C@H](C)CCC2)C[C@H]1Cc2ccc(OC3CCC(C(=O)N[C@H](Cc4ccc5ccccc5c4)C(=O)O)CC3)cc2C12CCC(Nc1cccc(Cl)c1)(C(=O)O)CC2. The normalized spacial score (nSPS) is 25.6. The summed E-state index contributed by atoms with van der Waals surface area (Å²) in [6, 6.07) is 28.7. The lowest BCUT2D eigenvalue weighted by Crippen LogP contribution is -2.53. The number of ether oxygens (including phenoxy) is 2. The Hall–Kier alpha value is -5.61. The van der Waals surface area contributed by atoms with Crippen molar-refractivity contribution in [1.29, 1.82) is 0 Å². The maximum atomic E-state index is 13.5. The molecular formula is C55H62ClN3O7. The molecule has 1 heterocycles. The Labute approximate surface area is 392 Å². The lowest BCUT2D eigenvalue weighted by atomic mass is 9.59. The van der Waals surface area contributed by atoms with Crippen LogP contribution in [0.15, 0.2) is 97.2 Å². The van der Waals surface area contributed by atoms with Gasteiger partial charge in [-0.15, -0.1) is 0 Å². The maximum absolute atomic E-state index is 13.5. The standard InChI is InChI=1S/C55H62ClN3O7/c1-34(33-65-49-21-26-57-47-12-5-7-35(2)50(47)49)27-41-30-40-17-20-45(32-46(40)54(41)22-24-55(25-23-54,53(63)64)59-43-11-6-10-42(56)31-43)66-44-18-15-38(16-19-44)51(60)58-48(52(61)62)29-36-13-14-37-8-3-4-9-39(37)28-36/h3-4,6,8-11,13-14,17,20-21,26,28,31-32,34-35,38,41,44,48,59H,5,7,12,15-16,18-19,22-25,27,29-30,33H2,1-2H3,(H,58,60)(H,61,62)(H,63,64)/t34-,35-,38?,41+,44?,48-,54?,55?/m1/s1. The number of halogens is 1. The second kappa shape index (κ2) is 19.3. The Kier molecular flexibility index (Phi) is 13.3. The molecule has 9 rings (SSSR count). The first-order chi connectivity index (χ1) is 31.9. The summed E-state index contributed by atoms with van der Waals surface area (Å²) >= 11 is 6.34. The average Bonchev–Trinajstić information content (AvgIpc) is 3.59. The summed E-state index contributed by atoms with van der Waals surface area (Å²) in [5.41, 5.74) is 5.16. The number of fused-ring (bicyclic) bond motifs is 4. The number of carbonyl (C=O) groups excluding carboxylic acids is 1. The van der Waals surface area contributed by atoms with Gasteiger partial charge in [0.25, 0.3) is 0 Å². The highest BCUT2D eigenvalue weighted by molar-refractivity contribution is 6.30. The predicted molar refractivity (Wildman–Crippen MR) is 258 cm³/mol. The minimum atomic E-state index is -1.13. The van der Waals surface area contributed by atoms with Gasteiger partial charge in [0.15, 0.2) is 0 Å². The molecule has 4 N–H and O–H groups in total. The van der Waals surface area contributed by atoms with Crippen molar-refractivity contribution < 1.29 is 34.1 Å². The Balaban J connectivity index is 0.879. The van der Waals surface area contributed by atoms with Gasteiger partial charge in [-0.25, -0.2) is 9.59 Å². The van der Waals surface area contributed by atoms with Gasteiger partial charge >= 0.3 is 11.9 Å². The highest BCUT2D eigenvalue weighted by Crippen LogP contribution is 2.57. The van der Waals surface area contributed by atoms with E-state index in [4.69, 9.17) is 21.1 Å². The van der Waals surface area contributed by atoms with Gasteiger partial charge in [-0.2, -0.15) is 0 Å². The van der Waals surface area contributed by atoms with Crippen LogP contribution in [0.4, 0.5) is 5.69 Å². The van der Waals surface area contributed by atoms with Gasteiger partial charge in [-0.1, -0.05) is 80.0 Å². The van der Waals surface area contributed by atoms with E-state index in [1.54, 1.807) is 12.1 Å². The fourth-order valence-electron chi connectivity index (χ4n) is 11.9. The highest BCUT2D eigenvalue weighted by atomic mass is 35.5. The Morgan fingerprint density at radius 1 is 0.879 bits per heavy atom. The first-order valence-electron chi connectivity index (χ1n) is 24.1. The zero-order chi connectivity index (χ0) is 46.0. The highest BCUT2D eigenvalue weighted by Gasteiger charge is 2.54. The van der Waals surface area contributed by atoms with Crippen LogP contribution in [0.3, 0.4) is 0 Å². The molecule has 11 heteroatoms. The van der Waals surface area contributed by atoms with E-state index in [1.807, 2.05) is 66.9 Å². The van der Waals surface area contributed by atoms with Gasteiger partial charge in [0, 0.05) is 40.5 Å². The molecule has 1 spiro atoms. The first kappa shape index (κ1) is 45.5. The molecule has 0 radical (unpaired) electrons. The zero-order valence-electron chi connectivity index (χ0n) is 38.1. The molecule has 2 saturated carbocycles. The van der Waals surface area contributed by atoms with Crippen LogP contribution in [0.1, 0.15) is 118 Å². The van der Waals surface area contributed by atoms with Crippen molar-refractivity contribution >= 4 is 45.9 Å². The summed E-state index contributed by atoms with van der Waals surface area (Å²) in [5.74, 6) is 0.307. The van der Waals surface area contributed by atoms with Gasteiger partial charge in [0.1, 0.15) is 23.1 Å². The smallest absolute Gasteiger partial charge is 0.329 e. The van der Waals surface area contributed by atoms with Crippen molar-refractivity contribution in [2.45, 2.75) is 133 Å². The molecule has 0 aliphatic heterocycles. The van der Waals surface area contributed by atoms with Crippen LogP contribution in [-0.2, 0) is 39.1 Å². The van der Waals surface area contributed by atoms with Crippen LogP contribution in [0, 0.1) is 17.8 Å². The fraction of sp³-hybridized carbons (Fsp3) is 0.455. The second-order valence-corrected chi connectivity index (χ2v) is 20.3. The Morgan fingerprint density at radius 3 is 2.42 bits per heavy atom. The van der Waals surface area contributed by atoms with Crippen molar-refractivity contribution in [3.63, 3.8) is 0 Å². The summed E-state index contributed by atoms with van der Waals surface area (Å²) in [6.07, 6.45) is 12.0. The van der Waals surface area contributed by atoms with Gasteiger partial charge in [0.05, 0.1) is 12.7 Å². The summed E-state index contributed by atoms with van der Waals surface area (Å²) < 4.78 is 13.4. The predicted octanol–water partition coefficient (Wildman–Crippen LogP) is 11.1. The van der Waals surface area contributed by atoms with Crippen molar-refractivity contribution in [3.05, 3.63) is 130 Å². The molecule has 4 aromatic carbocycles. The van der Waals surface area contributed by atoms with E-state index in [1.165, 1.54) is 16.7 Å². The van der Waals surface area contributed by atoms with Crippen molar-refractivity contribution in [3.8, 4) is 11.5 Å². The average molecular weight is 913 g/mol. The van der Waals surface area contributed by atoms with Gasteiger partial charge < -0.3 is 30.3 Å². The molecule has 346 valence electrons. The number of carbonyl (C=O) groups is 3. The summed E-state index contributed by atoms with van der Waals surface area (Å²) in [5, 5.41) is 29.8. The topological polar surface area (TPSA) is 147 Å². The minimum absolute atomic E-state index is 0.0835. The number of anilines is 1. The molecule has 4 atom stereocenters. The molecule has 1 aromatic heterocycles. The molecule has 0 unspecified atom stereocenters. The van der Waals surface area contributed by atoms with Crippen LogP contribution < -0.4 is 20.1 Å². The van der Waals surface area contributed by atoms with E-state index < -0.39 is 23.5 Å². The van der Waals surface area contributed by atoms with E-state index in [2.05, 4.69) is 47.7 Å². The number of aliphatic carboxylic acids is 2. The van der Waals surface area contributed by atoms with E-state index in [-0.39, 0.29) is 41.6 Å². The Morgan fingerprint density at radius 2 is 1.67 bits per heavy atom. The summed E-state index contributed by atoms with van der Waals surface area (Å²) in [4.78, 5) is 43.7. The van der Waals surface area contributed by atoms with E-state index in [0.29, 0.717) is 74.6 Å². The van der Waals surface area contributed by atoms with Crippen LogP contribution in [0.5, 0.6) is 11.5 Å². The third-order valence-electron chi connectivity index (χ3n) is 15.5. The van der Waals surface area contributed by atoms with E-state index in [9.17, 15) is 24.6 Å². The summed E-state index contributed by atoms with van der Waals surface area (Å²) in [6.45, 7) is 5.14. The molecule has 0 saturated heterocycles. The number of carboxylic acids is 2. The lowest BCUT2D eigenvalue weighted by molar-refractivity contribution is -0.144. The Bertz CT molecular complexity index is 2580. The largest absolute Gasteiger partial charge is 0.493 e. The monoisotopic (exact) mass is 911 g/mol. The third-order valence-corrected chi connectivity index (χ3v) is 15.7. The number of aromatic nitrogens is 1. The third kappa shape index (κ3) is 9.62. The number of hydrogen-bond donors (Lipinski definition) is 4. The number of carboxylic acid groups (broad SMARTS) is 2. The summed E-state index contributed by atoms with van der Waals surface area (Å²) in [7, 11) is 0. The molecular weight excluding hydrogens is 850 g/mol. The molecule has 10 nitrogen and oxygen atoms in total. The number of pyridine rings is 1. The van der Waals surface area contributed by atoms with Gasteiger partial charge in [-0.05, 0) is 171 Å². The minimum Gasteiger partial charge on any atom is -0.493 e. The van der Waals surface area contributed by atoms with Crippen LogP contribution in [0.25, 0.3) is 10.8 Å².